The molecule has 2 aromatic rings. The number of hydrogen-bond donors (Lipinski definition) is 1. The fraction of sp³-hybridized carbons (Fsp3) is 0.0909. The molecule has 0 saturated heterocycles. The van der Waals surface area contributed by atoms with E-state index in [2.05, 4.69) is 0 Å². The van der Waals surface area contributed by atoms with Crippen molar-refractivity contribution in [2.45, 2.75) is 0 Å². The normalized spacial score (nSPS) is 10.4. The lowest BCUT2D eigenvalue weighted by Gasteiger charge is -1.99. The van der Waals surface area contributed by atoms with Gasteiger partial charge in [0.05, 0.1) is 0 Å². The van der Waals surface area contributed by atoms with E-state index >= 15 is 0 Å². The van der Waals surface area contributed by atoms with Crippen molar-refractivity contribution in [1.82, 2.24) is 0 Å². The zero-order valence-corrected chi connectivity index (χ0v) is 7.90. The van der Waals surface area contributed by atoms with Crippen LogP contribution in [0.2, 0.25) is 0 Å². The SMILES string of the molecule is C[n+]1c(C(N)=O)ccc2ccccc21. The van der Waals surface area contributed by atoms with E-state index in [1.54, 1.807) is 10.6 Å². The summed E-state index contributed by atoms with van der Waals surface area (Å²) in [5.41, 5.74) is 6.77. The van der Waals surface area contributed by atoms with Gasteiger partial charge in [-0.3, -0.25) is 4.79 Å². The first kappa shape index (κ1) is 8.69. The third-order valence-electron chi connectivity index (χ3n) is 2.33. The molecule has 0 unspecified atom stereocenters. The number of rotatable bonds is 1. The fourth-order valence-corrected chi connectivity index (χ4v) is 1.59. The topological polar surface area (TPSA) is 47.0 Å². The van der Waals surface area contributed by atoms with Crippen LogP contribution in [0, 0.1) is 0 Å². The Bertz CT molecular complexity index is 506. The van der Waals surface area contributed by atoms with Gasteiger partial charge in [0.2, 0.25) is 5.52 Å². The minimum absolute atomic E-state index is 0.404. The second kappa shape index (κ2) is 3.10. The summed E-state index contributed by atoms with van der Waals surface area (Å²) < 4.78 is 1.80. The lowest BCUT2D eigenvalue weighted by Crippen LogP contribution is -2.39. The van der Waals surface area contributed by atoms with Crippen LogP contribution in [0.4, 0.5) is 0 Å². The van der Waals surface area contributed by atoms with Gasteiger partial charge in [-0.15, -0.1) is 0 Å². The standard InChI is InChI=1S/C11H10N2O/c1-13-9-5-3-2-4-8(9)6-7-10(13)11(12)14/h2-7H,1H3,(H-,12,14)/p+1. The molecular weight excluding hydrogens is 176 g/mol. The molecule has 1 amide bonds. The molecule has 14 heavy (non-hydrogen) atoms. The van der Waals surface area contributed by atoms with Crippen molar-refractivity contribution in [3.63, 3.8) is 0 Å². The van der Waals surface area contributed by atoms with Gasteiger partial charge in [0.25, 0.3) is 5.69 Å². The molecule has 3 nitrogen and oxygen atoms in total. The van der Waals surface area contributed by atoms with Gasteiger partial charge in [0, 0.05) is 17.5 Å². The minimum atomic E-state index is -0.404. The molecule has 0 saturated carbocycles. The third kappa shape index (κ3) is 1.23. The number of para-hydroxylation sites is 1. The van der Waals surface area contributed by atoms with E-state index in [9.17, 15) is 4.79 Å². The third-order valence-corrected chi connectivity index (χ3v) is 2.33. The van der Waals surface area contributed by atoms with Crippen molar-refractivity contribution in [3.05, 3.63) is 42.1 Å². The molecule has 0 aliphatic carbocycles. The first-order valence-electron chi connectivity index (χ1n) is 4.38. The Balaban J connectivity index is 2.81. The summed E-state index contributed by atoms with van der Waals surface area (Å²) in [4.78, 5) is 11.1. The number of aromatic nitrogens is 1. The maximum absolute atomic E-state index is 11.1. The predicted octanol–water partition coefficient (Wildman–Crippen LogP) is 0.763. The molecule has 2 rings (SSSR count). The van der Waals surface area contributed by atoms with Gasteiger partial charge in [-0.2, -0.15) is 4.57 Å². The Morgan fingerprint density at radius 3 is 2.64 bits per heavy atom. The summed E-state index contributed by atoms with van der Waals surface area (Å²) in [5, 5.41) is 1.10. The van der Waals surface area contributed by atoms with Crippen LogP contribution < -0.4 is 10.3 Å². The van der Waals surface area contributed by atoms with Crippen molar-refractivity contribution in [1.29, 1.82) is 0 Å². The predicted molar refractivity (Wildman–Crippen MR) is 53.6 cm³/mol. The molecule has 1 aromatic heterocycles. The molecule has 0 radical (unpaired) electrons. The van der Waals surface area contributed by atoms with Gasteiger partial charge in [-0.25, -0.2) is 0 Å². The number of benzene rings is 1. The maximum atomic E-state index is 11.1. The first-order valence-corrected chi connectivity index (χ1v) is 4.38. The van der Waals surface area contributed by atoms with Gasteiger partial charge in [-0.1, -0.05) is 12.1 Å². The van der Waals surface area contributed by atoms with Crippen LogP contribution in [0.15, 0.2) is 36.4 Å². The highest BCUT2D eigenvalue weighted by Crippen LogP contribution is 2.09. The van der Waals surface area contributed by atoms with Crippen molar-refractivity contribution >= 4 is 16.8 Å². The number of carbonyl (C=O) groups is 1. The number of pyridine rings is 1. The average Bonchev–Trinajstić information content (AvgIpc) is 2.18. The van der Waals surface area contributed by atoms with Crippen LogP contribution >= 0.6 is 0 Å². The summed E-state index contributed by atoms with van der Waals surface area (Å²) in [7, 11) is 1.84. The van der Waals surface area contributed by atoms with Crippen LogP contribution in [0.5, 0.6) is 0 Å². The molecule has 0 atom stereocenters. The molecule has 0 spiro atoms. The molecule has 2 N–H and O–H groups in total. The van der Waals surface area contributed by atoms with Gasteiger partial charge in [-0.05, 0) is 12.1 Å². The van der Waals surface area contributed by atoms with E-state index < -0.39 is 5.91 Å². The number of primary amides is 1. The first-order chi connectivity index (χ1) is 6.70. The van der Waals surface area contributed by atoms with E-state index in [4.69, 9.17) is 5.73 Å². The van der Waals surface area contributed by atoms with Crippen LogP contribution in [-0.4, -0.2) is 5.91 Å². The van der Waals surface area contributed by atoms with E-state index in [1.807, 2.05) is 37.4 Å². The van der Waals surface area contributed by atoms with Gasteiger partial charge in [0.15, 0.2) is 0 Å². The second-order valence-electron chi connectivity index (χ2n) is 3.20. The summed E-state index contributed by atoms with van der Waals surface area (Å²) in [6.07, 6.45) is 0. The molecule has 0 aliphatic rings. The van der Waals surface area contributed by atoms with Crippen molar-refractivity contribution in [2.24, 2.45) is 12.8 Å². The number of aryl methyl sites for hydroxylation is 1. The largest absolute Gasteiger partial charge is 0.360 e. The summed E-state index contributed by atoms with van der Waals surface area (Å²) in [6, 6.07) is 11.5. The Morgan fingerprint density at radius 2 is 1.93 bits per heavy atom. The van der Waals surface area contributed by atoms with Crippen LogP contribution in [-0.2, 0) is 7.05 Å². The molecule has 3 heteroatoms. The molecule has 70 valence electrons. The van der Waals surface area contributed by atoms with Crippen molar-refractivity contribution in [3.8, 4) is 0 Å². The Morgan fingerprint density at radius 1 is 1.21 bits per heavy atom. The fourth-order valence-electron chi connectivity index (χ4n) is 1.59. The Kier molecular flexibility index (Phi) is 1.93. The maximum Gasteiger partial charge on any atom is 0.313 e. The number of nitrogens with two attached hydrogens (primary N) is 1. The molecule has 1 aromatic carbocycles. The van der Waals surface area contributed by atoms with Crippen LogP contribution in [0.1, 0.15) is 10.5 Å². The van der Waals surface area contributed by atoms with Crippen molar-refractivity contribution in [2.75, 3.05) is 0 Å². The lowest BCUT2D eigenvalue weighted by atomic mass is 10.2. The molecule has 0 aliphatic heterocycles. The van der Waals surface area contributed by atoms with E-state index in [0.717, 1.165) is 10.9 Å². The quantitative estimate of drug-likeness (QED) is 0.658. The highest BCUT2D eigenvalue weighted by Gasteiger charge is 2.15. The smallest absolute Gasteiger partial charge is 0.313 e. The van der Waals surface area contributed by atoms with E-state index in [0.29, 0.717) is 5.69 Å². The van der Waals surface area contributed by atoms with E-state index in [1.165, 1.54) is 0 Å². The zero-order chi connectivity index (χ0) is 10.1. The summed E-state index contributed by atoms with van der Waals surface area (Å²) >= 11 is 0. The number of hydrogen-bond acceptors (Lipinski definition) is 1. The van der Waals surface area contributed by atoms with E-state index in [-0.39, 0.29) is 0 Å². The number of fused-ring (bicyclic) bond motifs is 1. The molecule has 0 bridgehead atoms. The molecule has 1 heterocycles. The Labute approximate surface area is 81.8 Å². The lowest BCUT2D eigenvalue weighted by molar-refractivity contribution is -0.646. The van der Waals surface area contributed by atoms with Gasteiger partial charge < -0.3 is 5.73 Å². The summed E-state index contributed by atoms with van der Waals surface area (Å²) in [5.74, 6) is -0.404. The molecular formula is C11H11N2O+. The number of nitrogens with zero attached hydrogens (tertiary/aromatic N) is 1. The average molecular weight is 187 g/mol. The number of amides is 1. The van der Waals surface area contributed by atoms with Crippen LogP contribution in [0.3, 0.4) is 0 Å². The summed E-state index contributed by atoms with van der Waals surface area (Å²) in [6.45, 7) is 0. The Hall–Kier alpha value is -1.90. The molecule has 0 fully saturated rings. The van der Waals surface area contributed by atoms with Gasteiger partial charge >= 0.3 is 5.91 Å². The van der Waals surface area contributed by atoms with Gasteiger partial charge in [0.1, 0.15) is 7.05 Å². The second-order valence-corrected chi connectivity index (χ2v) is 3.20. The highest BCUT2D eigenvalue weighted by atomic mass is 16.1. The monoisotopic (exact) mass is 187 g/mol. The van der Waals surface area contributed by atoms with Crippen molar-refractivity contribution < 1.29 is 9.36 Å². The zero-order valence-electron chi connectivity index (χ0n) is 7.90. The minimum Gasteiger partial charge on any atom is -0.360 e. The number of carbonyl (C=O) groups excluding carboxylic acids is 1. The highest BCUT2D eigenvalue weighted by molar-refractivity contribution is 5.91. The van der Waals surface area contributed by atoms with Crippen LogP contribution in [0.25, 0.3) is 10.9 Å².